The first-order valence-electron chi connectivity index (χ1n) is 5.65. The van der Waals surface area contributed by atoms with E-state index in [0.29, 0.717) is 5.41 Å². The summed E-state index contributed by atoms with van der Waals surface area (Å²) in [5.41, 5.74) is 0.612. The van der Waals surface area contributed by atoms with E-state index in [4.69, 9.17) is 0 Å². The smallest absolute Gasteiger partial charge is 0.126 e. The van der Waals surface area contributed by atoms with E-state index in [1.807, 2.05) is 0 Å². The Morgan fingerprint density at radius 2 is 1.69 bits per heavy atom. The molecule has 0 amide bonds. The second-order valence-electron chi connectivity index (χ2n) is 5.53. The van der Waals surface area contributed by atoms with Crippen LogP contribution in [0.1, 0.15) is 58.3 Å². The lowest BCUT2D eigenvalue weighted by Crippen LogP contribution is -2.34. The normalized spacial score (nSPS) is 29.6. The minimum absolute atomic E-state index is 0.0924. The third-order valence-corrected chi connectivity index (χ3v) is 4.19. The summed E-state index contributed by atoms with van der Waals surface area (Å²) in [4.78, 5) is 11.1. The summed E-state index contributed by atoms with van der Waals surface area (Å²) in [6.07, 6.45) is 11.4. The Morgan fingerprint density at radius 1 is 1.08 bits per heavy atom. The molecule has 0 spiro atoms. The predicted octanol–water partition coefficient (Wildman–Crippen LogP) is 3.33. The lowest BCUT2D eigenvalue weighted by Gasteiger charge is -2.43. The van der Waals surface area contributed by atoms with Crippen molar-refractivity contribution in [3.63, 3.8) is 0 Å². The molecule has 0 aromatic rings. The first kappa shape index (κ1) is 9.23. The summed E-state index contributed by atoms with van der Waals surface area (Å²) < 4.78 is 0. The van der Waals surface area contributed by atoms with E-state index < -0.39 is 0 Å². The molecular formula is C12H20O. The molecule has 0 saturated heterocycles. The minimum Gasteiger partial charge on any atom is -0.303 e. The van der Waals surface area contributed by atoms with E-state index in [-0.39, 0.29) is 5.41 Å². The summed E-state index contributed by atoms with van der Waals surface area (Å²) in [7, 11) is 0. The van der Waals surface area contributed by atoms with Crippen molar-refractivity contribution in [2.24, 2.45) is 10.8 Å². The van der Waals surface area contributed by atoms with Gasteiger partial charge in [-0.25, -0.2) is 0 Å². The van der Waals surface area contributed by atoms with Crippen LogP contribution in [0.3, 0.4) is 0 Å². The average molecular weight is 180 g/mol. The van der Waals surface area contributed by atoms with E-state index in [1.165, 1.54) is 44.8 Å². The van der Waals surface area contributed by atoms with Crippen molar-refractivity contribution in [2.75, 3.05) is 0 Å². The molecule has 2 fully saturated rings. The quantitative estimate of drug-likeness (QED) is 0.609. The molecule has 0 radical (unpaired) electrons. The van der Waals surface area contributed by atoms with Crippen molar-refractivity contribution in [2.45, 2.75) is 58.3 Å². The van der Waals surface area contributed by atoms with E-state index in [9.17, 15) is 4.79 Å². The van der Waals surface area contributed by atoms with Gasteiger partial charge in [-0.2, -0.15) is 0 Å². The van der Waals surface area contributed by atoms with Gasteiger partial charge in [-0.1, -0.05) is 26.2 Å². The molecule has 0 N–H and O–H groups in total. The highest BCUT2D eigenvalue weighted by Crippen LogP contribution is 2.52. The van der Waals surface area contributed by atoms with Crippen LogP contribution in [-0.2, 0) is 4.79 Å². The number of rotatable bonds is 3. The Kier molecular flexibility index (Phi) is 2.21. The Bertz CT molecular complexity index is 197. The Morgan fingerprint density at radius 3 is 2.08 bits per heavy atom. The van der Waals surface area contributed by atoms with Gasteiger partial charge >= 0.3 is 0 Å². The number of hydrogen-bond donors (Lipinski definition) is 0. The van der Waals surface area contributed by atoms with Gasteiger partial charge < -0.3 is 4.79 Å². The zero-order chi connectivity index (χ0) is 9.36. The minimum atomic E-state index is 0.0924. The largest absolute Gasteiger partial charge is 0.303 e. The van der Waals surface area contributed by atoms with Crippen LogP contribution >= 0.6 is 0 Å². The molecule has 0 aromatic carbocycles. The first-order chi connectivity index (χ1) is 6.18. The first-order valence-corrected chi connectivity index (χ1v) is 5.65. The van der Waals surface area contributed by atoms with Crippen molar-refractivity contribution < 1.29 is 4.79 Å². The van der Waals surface area contributed by atoms with Crippen LogP contribution in [0.25, 0.3) is 0 Å². The molecule has 0 unspecified atom stereocenters. The molecule has 13 heavy (non-hydrogen) atoms. The monoisotopic (exact) mass is 180 g/mol. The van der Waals surface area contributed by atoms with Gasteiger partial charge in [0.25, 0.3) is 0 Å². The highest BCUT2D eigenvalue weighted by Gasteiger charge is 2.43. The lowest BCUT2D eigenvalue weighted by molar-refractivity contribution is -0.118. The van der Waals surface area contributed by atoms with Crippen LogP contribution in [0, 0.1) is 10.8 Å². The fraction of sp³-hybridized carbons (Fsp3) is 0.917. The molecule has 0 heterocycles. The van der Waals surface area contributed by atoms with Crippen LogP contribution in [0.4, 0.5) is 0 Å². The van der Waals surface area contributed by atoms with Crippen LogP contribution < -0.4 is 0 Å². The third kappa shape index (κ3) is 1.66. The highest BCUT2D eigenvalue weighted by molar-refractivity contribution is 5.60. The van der Waals surface area contributed by atoms with E-state index in [0.717, 1.165) is 12.8 Å². The third-order valence-electron chi connectivity index (χ3n) is 4.19. The molecule has 0 atom stereocenters. The molecule has 2 aliphatic carbocycles. The van der Waals surface area contributed by atoms with Gasteiger partial charge in [0.1, 0.15) is 6.29 Å². The van der Waals surface area contributed by atoms with Crippen LogP contribution in [0.2, 0.25) is 0 Å². The average Bonchev–Trinajstić information content (AvgIpc) is 2.51. The second-order valence-corrected chi connectivity index (χ2v) is 5.53. The second kappa shape index (κ2) is 3.11. The zero-order valence-corrected chi connectivity index (χ0v) is 8.64. The molecule has 0 aromatic heterocycles. The molecule has 2 saturated carbocycles. The molecule has 2 rings (SSSR count). The van der Waals surface area contributed by atoms with Crippen LogP contribution in [0.15, 0.2) is 0 Å². The fourth-order valence-corrected chi connectivity index (χ4v) is 3.22. The maximum Gasteiger partial charge on any atom is 0.126 e. The van der Waals surface area contributed by atoms with Gasteiger partial charge in [0.15, 0.2) is 0 Å². The van der Waals surface area contributed by atoms with Crippen molar-refractivity contribution in [1.82, 2.24) is 0 Å². The van der Waals surface area contributed by atoms with Gasteiger partial charge in [0.05, 0.1) is 0 Å². The van der Waals surface area contributed by atoms with Gasteiger partial charge in [-0.3, -0.25) is 0 Å². The van der Waals surface area contributed by atoms with E-state index in [1.54, 1.807) is 0 Å². The number of hydrogen-bond acceptors (Lipinski definition) is 1. The Labute approximate surface area is 80.9 Å². The summed E-state index contributed by atoms with van der Waals surface area (Å²) in [6, 6.07) is 0. The topological polar surface area (TPSA) is 17.1 Å². The lowest BCUT2D eigenvalue weighted by atomic mass is 9.61. The standard InChI is InChI=1S/C12H20O/c1-11(5-4-6-11)9-12(10-13)7-2-3-8-12/h10H,2-9H2,1H3. The SMILES string of the molecule is CC1(CC2(C=O)CCCC2)CCC1. The van der Waals surface area contributed by atoms with Crippen molar-refractivity contribution in [3.8, 4) is 0 Å². The number of carbonyl (C=O) groups excluding carboxylic acids is 1. The highest BCUT2D eigenvalue weighted by atomic mass is 16.1. The zero-order valence-electron chi connectivity index (χ0n) is 8.64. The molecule has 2 aliphatic rings. The Hall–Kier alpha value is -0.330. The van der Waals surface area contributed by atoms with E-state index >= 15 is 0 Å². The Balaban J connectivity index is 2.00. The molecule has 0 bridgehead atoms. The number of carbonyl (C=O) groups is 1. The number of aldehydes is 1. The maximum absolute atomic E-state index is 11.1. The van der Waals surface area contributed by atoms with Crippen LogP contribution in [0.5, 0.6) is 0 Å². The van der Waals surface area contributed by atoms with Crippen LogP contribution in [-0.4, -0.2) is 6.29 Å². The van der Waals surface area contributed by atoms with Gasteiger partial charge in [-0.15, -0.1) is 0 Å². The molecule has 0 aliphatic heterocycles. The van der Waals surface area contributed by atoms with E-state index in [2.05, 4.69) is 6.92 Å². The molecule has 74 valence electrons. The van der Waals surface area contributed by atoms with Gasteiger partial charge in [0, 0.05) is 5.41 Å². The van der Waals surface area contributed by atoms with Gasteiger partial charge in [-0.05, 0) is 37.5 Å². The summed E-state index contributed by atoms with van der Waals surface area (Å²) in [5, 5.41) is 0. The fourth-order valence-electron chi connectivity index (χ4n) is 3.22. The van der Waals surface area contributed by atoms with Gasteiger partial charge in [0.2, 0.25) is 0 Å². The van der Waals surface area contributed by atoms with Crippen molar-refractivity contribution in [1.29, 1.82) is 0 Å². The van der Waals surface area contributed by atoms with Crippen molar-refractivity contribution in [3.05, 3.63) is 0 Å². The molecule has 1 heteroatoms. The summed E-state index contributed by atoms with van der Waals surface area (Å²) in [6.45, 7) is 2.36. The molecule has 1 nitrogen and oxygen atoms in total. The molecular weight excluding hydrogens is 160 g/mol. The predicted molar refractivity (Wildman–Crippen MR) is 53.5 cm³/mol. The van der Waals surface area contributed by atoms with Crippen molar-refractivity contribution >= 4 is 6.29 Å². The maximum atomic E-state index is 11.1. The summed E-state index contributed by atoms with van der Waals surface area (Å²) >= 11 is 0. The summed E-state index contributed by atoms with van der Waals surface area (Å²) in [5.74, 6) is 0.